The third kappa shape index (κ3) is 3.68. The zero-order valence-electron chi connectivity index (χ0n) is 11.8. The van der Waals surface area contributed by atoms with Gasteiger partial charge in [-0.1, -0.05) is 12.1 Å². The smallest absolute Gasteiger partial charge is 0.166 e. The Labute approximate surface area is 119 Å². The Kier molecular flexibility index (Phi) is 5.32. The molecule has 1 N–H and O–H groups in total. The van der Waals surface area contributed by atoms with Crippen molar-refractivity contribution < 1.29 is 9.47 Å². The molecule has 20 heavy (non-hydrogen) atoms. The van der Waals surface area contributed by atoms with Crippen LogP contribution in [0, 0.1) is 0 Å². The fourth-order valence-corrected chi connectivity index (χ4v) is 1.87. The molecule has 106 valence electrons. The monoisotopic (exact) mass is 273 g/mol. The lowest BCUT2D eigenvalue weighted by molar-refractivity contribution is 0.260. The molecular formula is C15H19N3O2. The molecule has 0 saturated carbocycles. The summed E-state index contributed by atoms with van der Waals surface area (Å²) in [6.07, 6.45) is 3.41. The quantitative estimate of drug-likeness (QED) is 0.838. The Balaban J connectivity index is 2.18. The molecule has 5 heteroatoms. The van der Waals surface area contributed by atoms with Gasteiger partial charge in [-0.3, -0.25) is 0 Å². The second-order valence-corrected chi connectivity index (χ2v) is 4.16. The van der Waals surface area contributed by atoms with Crippen LogP contribution in [-0.4, -0.2) is 23.6 Å². The second kappa shape index (κ2) is 7.45. The summed E-state index contributed by atoms with van der Waals surface area (Å²) >= 11 is 0. The van der Waals surface area contributed by atoms with Gasteiger partial charge in [0.05, 0.1) is 6.61 Å². The highest BCUT2D eigenvalue weighted by molar-refractivity contribution is 5.46. The van der Waals surface area contributed by atoms with Gasteiger partial charge in [0.1, 0.15) is 6.61 Å². The number of nitrogens with zero attached hydrogens (tertiary/aromatic N) is 2. The lowest BCUT2D eigenvalue weighted by Crippen LogP contribution is -2.09. The van der Waals surface area contributed by atoms with Crippen molar-refractivity contribution in [2.75, 3.05) is 13.7 Å². The summed E-state index contributed by atoms with van der Waals surface area (Å²) in [5.41, 5.74) is 1.05. The lowest BCUT2D eigenvalue weighted by Gasteiger charge is -2.15. The van der Waals surface area contributed by atoms with Gasteiger partial charge in [0.2, 0.25) is 0 Å². The van der Waals surface area contributed by atoms with Crippen molar-refractivity contribution in [2.24, 2.45) is 0 Å². The molecule has 0 fully saturated rings. The van der Waals surface area contributed by atoms with Crippen LogP contribution >= 0.6 is 0 Å². The van der Waals surface area contributed by atoms with Crippen LogP contribution in [0.5, 0.6) is 11.5 Å². The van der Waals surface area contributed by atoms with Gasteiger partial charge < -0.3 is 14.8 Å². The molecule has 0 radical (unpaired) electrons. The molecule has 0 amide bonds. The maximum absolute atomic E-state index is 5.87. The summed E-state index contributed by atoms with van der Waals surface area (Å²) in [5, 5.41) is 3.13. The molecule has 1 aromatic carbocycles. The Hall–Kier alpha value is -2.14. The number of ether oxygens (including phenoxy) is 2. The maximum Gasteiger partial charge on any atom is 0.166 e. The van der Waals surface area contributed by atoms with Gasteiger partial charge in [0.15, 0.2) is 17.3 Å². The van der Waals surface area contributed by atoms with Crippen LogP contribution in [0.1, 0.15) is 18.3 Å². The molecule has 0 unspecified atom stereocenters. The molecule has 0 aliphatic heterocycles. The standard InChI is InChI=1S/C15H19N3O2/c1-3-19-13-7-4-6-12(10-16-2)15(13)20-11-14-17-8-5-9-18-14/h4-9,16H,3,10-11H2,1-2H3. The van der Waals surface area contributed by atoms with E-state index < -0.39 is 0 Å². The van der Waals surface area contributed by atoms with Crippen LogP contribution in [0.2, 0.25) is 0 Å². The highest BCUT2D eigenvalue weighted by Gasteiger charge is 2.11. The van der Waals surface area contributed by atoms with Gasteiger partial charge in [-0.2, -0.15) is 0 Å². The fourth-order valence-electron chi connectivity index (χ4n) is 1.87. The van der Waals surface area contributed by atoms with Crippen molar-refractivity contribution in [1.29, 1.82) is 0 Å². The van der Waals surface area contributed by atoms with Crippen LogP contribution in [0.15, 0.2) is 36.7 Å². The van der Waals surface area contributed by atoms with Gasteiger partial charge in [0, 0.05) is 24.5 Å². The van der Waals surface area contributed by atoms with Crippen LogP contribution in [0.3, 0.4) is 0 Å². The van der Waals surface area contributed by atoms with E-state index in [1.165, 1.54) is 0 Å². The van der Waals surface area contributed by atoms with Gasteiger partial charge in [-0.25, -0.2) is 9.97 Å². The average molecular weight is 273 g/mol. The van der Waals surface area contributed by atoms with E-state index in [4.69, 9.17) is 9.47 Å². The molecule has 1 heterocycles. The number of benzene rings is 1. The van der Waals surface area contributed by atoms with E-state index in [1.807, 2.05) is 32.2 Å². The van der Waals surface area contributed by atoms with E-state index in [0.29, 0.717) is 25.6 Å². The summed E-state index contributed by atoms with van der Waals surface area (Å²) in [7, 11) is 1.90. The first-order valence-electron chi connectivity index (χ1n) is 6.63. The van der Waals surface area contributed by atoms with Crippen molar-refractivity contribution in [2.45, 2.75) is 20.1 Å². The minimum Gasteiger partial charge on any atom is -0.490 e. The van der Waals surface area contributed by atoms with Gasteiger partial charge in [-0.05, 0) is 26.1 Å². The van der Waals surface area contributed by atoms with Gasteiger partial charge >= 0.3 is 0 Å². The Morgan fingerprint density at radius 3 is 2.60 bits per heavy atom. The van der Waals surface area contributed by atoms with Crippen molar-refractivity contribution in [1.82, 2.24) is 15.3 Å². The number of para-hydroxylation sites is 1. The number of rotatable bonds is 7. The zero-order valence-corrected chi connectivity index (χ0v) is 11.8. The SMILES string of the molecule is CCOc1cccc(CNC)c1OCc1ncccn1. The molecule has 0 spiro atoms. The van der Waals surface area contributed by atoms with Crippen molar-refractivity contribution in [3.05, 3.63) is 48.0 Å². The normalized spacial score (nSPS) is 10.3. The third-order valence-electron chi connectivity index (χ3n) is 2.69. The number of hydrogen-bond donors (Lipinski definition) is 1. The van der Waals surface area contributed by atoms with E-state index in [-0.39, 0.29) is 0 Å². The van der Waals surface area contributed by atoms with Crippen LogP contribution in [-0.2, 0) is 13.2 Å². The zero-order chi connectivity index (χ0) is 14.2. The lowest BCUT2D eigenvalue weighted by atomic mass is 10.2. The molecule has 0 saturated heterocycles. The molecule has 0 bridgehead atoms. The van der Waals surface area contributed by atoms with Crippen LogP contribution < -0.4 is 14.8 Å². The van der Waals surface area contributed by atoms with Gasteiger partial charge in [-0.15, -0.1) is 0 Å². The highest BCUT2D eigenvalue weighted by Crippen LogP contribution is 2.31. The Morgan fingerprint density at radius 1 is 1.10 bits per heavy atom. The summed E-state index contributed by atoms with van der Waals surface area (Å²) in [6, 6.07) is 7.66. The molecule has 0 aliphatic rings. The summed E-state index contributed by atoms with van der Waals surface area (Å²) in [6.45, 7) is 3.59. The molecular weight excluding hydrogens is 254 g/mol. The fraction of sp³-hybridized carbons (Fsp3) is 0.333. The van der Waals surface area contributed by atoms with Crippen molar-refractivity contribution in [3.8, 4) is 11.5 Å². The number of hydrogen-bond acceptors (Lipinski definition) is 5. The van der Waals surface area contributed by atoms with Crippen LogP contribution in [0.25, 0.3) is 0 Å². The first-order valence-corrected chi connectivity index (χ1v) is 6.63. The third-order valence-corrected chi connectivity index (χ3v) is 2.69. The Bertz CT molecular complexity index is 508. The number of nitrogens with one attached hydrogen (secondary N) is 1. The molecule has 2 aromatic rings. The molecule has 2 rings (SSSR count). The molecule has 0 aliphatic carbocycles. The predicted octanol–water partition coefficient (Wildman–Crippen LogP) is 2.17. The molecule has 1 aromatic heterocycles. The molecule has 5 nitrogen and oxygen atoms in total. The largest absolute Gasteiger partial charge is 0.490 e. The first kappa shape index (κ1) is 14.3. The molecule has 0 atom stereocenters. The van der Waals surface area contributed by atoms with E-state index >= 15 is 0 Å². The topological polar surface area (TPSA) is 56.3 Å². The second-order valence-electron chi connectivity index (χ2n) is 4.16. The van der Waals surface area contributed by atoms with Crippen LogP contribution in [0.4, 0.5) is 0 Å². The maximum atomic E-state index is 5.87. The predicted molar refractivity (Wildman–Crippen MR) is 76.7 cm³/mol. The average Bonchev–Trinajstić information content (AvgIpc) is 2.48. The van der Waals surface area contributed by atoms with E-state index in [1.54, 1.807) is 18.5 Å². The highest BCUT2D eigenvalue weighted by atomic mass is 16.5. The minimum absolute atomic E-state index is 0.321. The minimum atomic E-state index is 0.321. The van der Waals surface area contributed by atoms with E-state index in [0.717, 1.165) is 17.1 Å². The van der Waals surface area contributed by atoms with Crippen molar-refractivity contribution in [3.63, 3.8) is 0 Å². The summed E-state index contributed by atoms with van der Waals surface area (Å²) in [5.74, 6) is 2.14. The van der Waals surface area contributed by atoms with Crippen molar-refractivity contribution >= 4 is 0 Å². The van der Waals surface area contributed by atoms with E-state index in [2.05, 4.69) is 15.3 Å². The number of aromatic nitrogens is 2. The van der Waals surface area contributed by atoms with E-state index in [9.17, 15) is 0 Å². The van der Waals surface area contributed by atoms with Gasteiger partial charge in [0.25, 0.3) is 0 Å². The summed E-state index contributed by atoms with van der Waals surface area (Å²) < 4.78 is 11.5. The summed E-state index contributed by atoms with van der Waals surface area (Å²) in [4.78, 5) is 8.31. The Morgan fingerprint density at radius 2 is 1.90 bits per heavy atom. The first-order chi connectivity index (χ1) is 9.85.